The number of pyridine rings is 1. The molecule has 0 fully saturated rings. The average molecular weight is 278 g/mol. The number of nitrogens with zero attached hydrogens (tertiary/aromatic N) is 2. The second-order valence-electron chi connectivity index (χ2n) is 4.50. The predicted molar refractivity (Wildman–Crippen MR) is 78.5 cm³/mol. The Morgan fingerprint density at radius 3 is 2.55 bits per heavy atom. The van der Waals surface area contributed by atoms with Gasteiger partial charge in [-0.15, -0.1) is 0 Å². The zero-order valence-corrected chi connectivity index (χ0v) is 12.4. The molecule has 6 nitrogen and oxygen atoms in total. The van der Waals surface area contributed by atoms with Gasteiger partial charge in [-0.25, -0.2) is 9.78 Å². The van der Waals surface area contributed by atoms with Gasteiger partial charge in [0.15, 0.2) is 0 Å². The third-order valence-corrected chi connectivity index (χ3v) is 3.03. The van der Waals surface area contributed by atoms with E-state index in [1.54, 1.807) is 24.1 Å². The maximum absolute atomic E-state index is 12.0. The smallest absolute Gasteiger partial charge is 0.321 e. The van der Waals surface area contributed by atoms with Crippen molar-refractivity contribution >= 4 is 17.8 Å². The zero-order chi connectivity index (χ0) is 15.1. The van der Waals surface area contributed by atoms with E-state index in [1.165, 1.54) is 0 Å². The molecule has 1 rings (SSSR count). The lowest BCUT2D eigenvalue weighted by Crippen LogP contribution is -2.48. The van der Waals surface area contributed by atoms with Gasteiger partial charge in [0.25, 0.3) is 0 Å². The molecule has 0 aliphatic rings. The number of nitrogens with one attached hydrogen (secondary N) is 2. The van der Waals surface area contributed by atoms with Crippen LogP contribution in [0.3, 0.4) is 0 Å². The maximum Gasteiger partial charge on any atom is 0.321 e. The molecule has 110 valence electrons. The highest BCUT2D eigenvalue weighted by Gasteiger charge is 2.20. The number of aryl methyl sites for hydroxylation is 1. The molecule has 2 N–H and O–H groups in total. The first-order valence-electron chi connectivity index (χ1n) is 6.77. The molecule has 1 heterocycles. The van der Waals surface area contributed by atoms with Gasteiger partial charge in [-0.2, -0.15) is 0 Å². The van der Waals surface area contributed by atoms with Crippen molar-refractivity contribution in [2.75, 3.05) is 18.4 Å². The summed E-state index contributed by atoms with van der Waals surface area (Å²) in [5.41, 5.74) is 0.866. The highest BCUT2D eigenvalue weighted by atomic mass is 16.2. The van der Waals surface area contributed by atoms with Crippen LogP contribution in [0.1, 0.15) is 26.3 Å². The first-order chi connectivity index (χ1) is 9.49. The van der Waals surface area contributed by atoms with Crippen LogP contribution in [0.5, 0.6) is 0 Å². The summed E-state index contributed by atoms with van der Waals surface area (Å²) in [6, 6.07) is 2.65. The van der Waals surface area contributed by atoms with Crippen LogP contribution in [-0.4, -0.2) is 41.0 Å². The summed E-state index contributed by atoms with van der Waals surface area (Å²) in [5, 5.41) is 5.26. The highest BCUT2D eigenvalue weighted by Crippen LogP contribution is 2.08. The van der Waals surface area contributed by atoms with Crippen molar-refractivity contribution in [3.8, 4) is 0 Å². The van der Waals surface area contributed by atoms with Crippen molar-refractivity contribution in [3.63, 3.8) is 0 Å². The molecule has 0 bridgehead atoms. The summed E-state index contributed by atoms with van der Waals surface area (Å²) in [5.74, 6) is 0.399. The Hall–Kier alpha value is -2.11. The Morgan fingerprint density at radius 1 is 1.35 bits per heavy atom. The summed E-state index contributed by atoms with van der Waals surface area (Å²) < 4.78 is 0. The van der Waals surface area contributed by atoms with Gasteiger partial charge in [0, 0.05) is 19.3 Å². The molecule has 6 heteroatoms. The predicted octanol–water partition coefficient (Wildman–Crippen LogP) is 1.77. The molecule has 0 aromatic carbocycles. The van der Waals surface area contributed by atoms with Gasteiger partial charge in [0.05, 0.1) is 0 Å². The van der Waals surface area contributed by atoms with E-state index in [9.17, 15) is 9.59 Å². The Morgan fingerprint density at radius 2 is 2.00 bits per heavy atom. The van der Waals surface area contributed by atoms with Crippen LogP contribution in [-0.2, 0) is 4.79 Å². The van der Waals surface area contributed by atoms with E-state index in [0.29, 0.717) is 18.9 Å². The fourth-order valence-corrected chi connectivity index (χ4v) is 1.83. The van der Waals surface area contributed by atoms with Crippen molar-refractivity contribution in [1.82, 2.24) is 15.2 Å². The standard InChI is InChI=1S/C14H22N4O2/c1-5-18(6-2)13(19)11(4)16-14(20)17-12-10(3)8-7-9-15-12/h7-9,11H,5-6H2,1-4H3,(H2,15,16,17,20)/t11-/m0/s1. The summed E-state index contributed by atoms with van der Waals surface area (Å²) in [6.07, 6.45) is 1.60. The Kier molecular flexibility index (Phi) is 5.96. The topological polar surface area (TPSA) is 74.3 Å². The first-order valence-corrected chi connectivity index (χ1v) is 6.77. The molecule has 0 saturated heterocycles. The number of likely N-dealkylation sites (N-methyl/N-ethyl adjacent to an activating group) is 1. The number of urea groups is 1. The molecule has 3 amide bonds. The van der Waals surface area contributed by atoms with E-state index in [2.05, 4.69) is 15.6 Å². The van der Waals surface area contributed by atoms with Gasteiger partial charge in [-0.05, 0) is 39.3 Å². The van der Waals surface area contributed by atoms with E-state index in [0.717, 1.165) is 5.56 Å². The first kappa shape index (κ1) is 15.9. The third-order valence-electron chi connectivity index (χ3n) is 3.03. The number of carbonyl (C=O) groups excluding carboxylic acids is 2. The number of rotatable bonds is 5. The lowest BCUT2D eigenvalue weighted by molar-refractivity contribution is -0.132. The summed E-state index contributed by atoms with van der Waals surface area (Å²) in [4.78, 5) is 29.6. The quantitative estimate of drug-likeness (QED) is 0.862. The summed E-state index contributed by atoms with van der Waals surface area (Å²) in [7, 11) is 0. The van der Waals surface area contributed by atoms with Gasteiger partial charge in [0.2, 0.25) is 5.91 Å². The minimum atomic E-state index is -0.570. The molecular weight excluding hydrogens is 256 g/mol. The molecule has 0 saturated carbocycles. The molecule has 1 aromatic rings. The monoisotopic (exact) mass is 278 g/mol. The number of hydrogen-bond acceptors (Lipinski definition) is 3. The second-order valence-corrected chi connectivity index (χ2v) is 4.50. The van der Waals surface area contributed by atoms with E-state index in [4.69, 9.17) is 0 Å². The molecule has 0 unspecified atom stereocenters. The minimum Gasteiger partial charge on any atom is -0.341 e. The van der Waals surface area contributed by atoms with E-state index in [-0.39, 0.29) is 5.91 Å². The fourth-order valence-electron chi connectivity index (χ4n) is 1.83. The lowest BCUT2D eigenvalue weighted by atomic mass is 10.3. The molecule has 1 atom stereocenters. The number of anilines is 1. The number of carbonyl (C=O) groups is 2. The van der Waals surface area contributed by atoms with Crippen molar-refractivity contribution < 1.29 is 9.59 Å². The number of aromatic nitrogens is 1. The Bertz CT molecular complexity index is 472. The van der Waals surface area contributed by atoms with Crippen LogP contribution < -0.4 is 10.6 Å². The Labute approximate surface area is 119 Å². The Balaban J connectivity index is 2.58. The highest BCUT2D eigenvalue weighted by molar-refractivity contribution is 5.93. The van der Waals surface area contributed by atoms with E-state index >= 15 is 0 Å². The van der Waals surface area contributed by atoms with E-state index < -0.39 is 12.1 Å². The van der Waals surface area contributed by atoms with Crippen LogP contribution >= 0.6 is 0 Å². The van der Waals surface area contributed by atoms with Crippen molar-refractivity contribution in [2.24, 2.45) is 0 Å². The van der Waals surface area contributed by atoms with E-state index in [1.807, 2.05) is 26.8 Å². The molecule has 0 spiro atoms. The average Bonchev–Trinajstić information content (AvgIpc) is 2.42. The number of amides is 3. The second kappa shape index (κ2) is 7.47. The molecule has 20 heavy (non-hydrogen) atoms. The van der Waals surface area contributed by atoms with Crippen LogP contribution in [0.4, 0.5) is 10.6 Å². The molecular formula is C14H22N4O2. The van der Waals surface area contributed by atoms with Gasteiger partial charge in [-0.3, -0.25) is 10.1 Å². The van der Waals surface area contributed by atoms with Crippen molar-refractivity contribution in [2.45, 2.75) is 33.7 Å². The maximum atomic E-state index is 12.0. The zero-order valence-electron chi connectivity index (χ0n) is 12.4. The summed E-state index contributed by atoms with van der Waals surface area (Å²) >= 11 is 0. The van der Waals surface area contributed by atoms with Crippen LogP contribution in [0.25, 0.3) is 0 Å². The third kappa shape index (κ3) is 4.22. The molecule has 0 aliphatic heterocycles. The minimum absolute atomic E-state index is 0.0945. The van der Waals surface area contributed by atoms with Crippen LogP contribution in [0.2, 0.25) is 0 Å². The summed E-state index contributed by atoms with van der Waals surface area (Å²) in [6.45, 7) is 8.60. The lowest BCUT2D eigenvalue weighted by Gasteiger charge is -2.23. The van der Waals surface area contributed by atoms with Crippen molar-refractivity contribution in [1.29, 1.82) is 0 Å². The van der Waals surface area contributed by atoms with Gasteiger partial charge in [-0.1, -0.05) is 6.07 Å². The van der Waals surface area contributed by atoms with Crippen LogP contribution in [0.15, 0.2) is 18.3 Å². The van der Waals surface area contributed by atoms with Crippen LogP contribution in [0, 0.1) is 6.92 Å². The van der Waals surface area contributed by atoms with Gasteiger partial charge < -0.3 is 10.2 Å². The molecule has 1 aromatic heterocycles. The van der Waals surface area contributed by atoms with Gasteiger partial charge >= 0.3 is 6.03 Å². The molecule has 0 aliphatic carbocycles. The normalized spacial score (nSPS) is 11.6. The number of hydrogen-bond donors (Lipinski definition) is 2. The largest absolute Gasteiger partial charge is 0.341 e. The fraction of sp³-hybridized carbons (Fsp3) is 0.500. The molecule has 0 radical (unpaired) electrons. The SMILES string of the molecule is CCN(CC)C(=O)[C@H](C)NC(=O)Nc1ncccc1C. The van der Waals surface area contributed by atoms with Gasteiger partial charge in [0.1, 0.15) is 11.9 Å². The van der Waals surface area contributed by atoms with Crippen molar-refractivity contribution in [3.05, 3.63) is 23.9 Å².